The predicted octanol–water partition coefficient (Wildman–Crippen LogP) is 4.94. The first-order chi connectivity index (χ1) is 15.3. The normalized spacial score (nSPS) is 16.0. The zero-order valence-corrected chi connectivity index (χ0v) is 20.2. The summed E-state index contributed by atoms with van der Waals surface area (Å²) in [6, 6.07) is 13.2. The number of hydrogen-bond donors (Lipinski definition) is 1. The lowest BCUT2D eigenvalue weighted by Crippen LogP contribution is -2.47. The molecule has 1 unspecified atom stereocenters. The summed E-state index contributed by atoms with van der Waals surface area (Å²) in [6.07, 6.45) is 4.53. The van der Waals surface area contributed by atoms with Gasteiger partial charge >= 0.3 is 0 Å². The maximum absolute atomic E-state index is 13.5. The van der Waals surface area contributed by atoms with Crippen LogP contribution < -0.4 is 10.1 Å². The minimum Gasteiger partial charge on any atom is -0.494 e. The molecule has 0 spiro atoms. The molecule has 6 nitrogen and oxygen atoms in total. The number of ether oxygens (including phenoxy) is 1. The first-order valence-electron chi connectivity index (χ1n) is 11.1. The number of nitrogens with one attached hydrogen (secondary N) is 1. The minimum atomic E-state index is -3.83. The molecule has 2 aromatic rings. The molecule has 1 N–H and O–H groups in total. The molecule has 0 aromatic heterocycles. The van der Waals surface area contributed by atoms with Gasteiger partial charge in [-0.05, 0) is 68.7 Å². The Morgan fingerprint density at radius 1 is 1.09 bits per heavy atom. The quantitative estimate of drug-likeness (QED) is 0.553. The van der Waals surface area contributed by atoms with Crippen molar-refractivity contribution in [2.45, 2.75) is 62.9 Å². The van der Waals surface area contributed by atoms with Crippen molar-refractivity contribution in [3.63, 3.8) is 0 Å². The summed E-state index contributed by atoms with van der Waals surface area (Å²) >= 11 is 5.94. The molecule has 1 aliphatic carbocycles. The average molecular weight is 479 g/mol. The van der Waals surface area contributed by atoms with Crippen molar-refractivity contribution < 1.29 is 17.9 Å². The molecule has 1 saturated carbocycles. The largest absolute Gasteiger partial charge is 0.494 e. The van der Waals surface area contributed by atoms with Gasteiger partial charge < -0.3 is 10.1 Å². The fourth-order valence-corrected chi connectivity index (χ4v) is 5.82. The van der Waals surface area contributed by atoms with Gasteiger partial charge in [0.05, 0.1) is 24.1 Å². The Morgan fingerprint density at radius 3 is 2.31 bits per heavy atom. The second kappa shape index (κ2) is 11.2. The molecule has 0 saturated heterocycles. The molecule has 0 bridgehead atoms. The topological polar surface area (TPSA) is 75.7 Å². The molecule has 1 fully saturated rings. The first kappa shape index (κ1) is 24.6. The summed E-state index contributed by atoms with van der Waals surface area (Å²) < 4.78 is 33.8. The molecule has 1 aliphatic rings. The van der Waals surface area contributed by atoms with E-state index in [-0.39, 0.29) is 29.4 Å². The van der Waals surface area contributed by atoms with Crippen molar-refractivity contribution in [3.8, 4) is 5.75 Å². The van der Waals surface area contributed by atoms with Crippen molar-refractivity contribution >= 4 is 27.5 Å². The Hall–Kier alpha value is -2.09. The first-order valence-corrected chi connectivity index (χ1v) is 12.9. The van der Waals surface area contributed by atoms with Crippen LogP contribution in [0.15, 0.2) is 53.4 Å². The lowest BCUT2D eigenvalue weighted by Gasteiger charge is -2.33. The molecule has 0 aliphatic heterocycles. The number of benzene rings is 2. The van der Waals surface area contributed by atoms with Crippen LogP contribution >= 0.6 is 11.6 Å². The Balaban J connectivity index is 1.78. The predicted molar refractivity (Wildman–Crippen MR) is 126 cm³/mol. The molecular formula is C24H31ClN2O4S. The van der Waals surface area contributed by atoms with Gasteiger partial charge in [0.15, 0.2) is 0 Å². The highest BCUT2D eigenvalue weighted by Gasteiger charge is 2.34. The smallest absolute Gasteiger partial charge is 0.243 e. The van der Waals surface area contributed by atoms with E-state index in [1.54, 1.807) is 36.4 Å². The molecule has 2 aromatic carbocycles. The lowest BCUT2D eigenvalue weighted by atomic mass is 9.95. The number of carbonyl (C=O) groups is 1. The zero-order valence-electron chi connectivity index (χ0n) is 18.6. The molecule has 1 atom stereocenters. The Morgan fingerprint density at radius 2 is 1.72 bits per heavy atom. The molecule has 3 rings (SSSR count). The van der Waals surface area contributed by atoms with Gasteiger partial charge in [0.25, 0.3) is 0 Å². The highest BCUT2D eigenvalue weighted by atomic mass is 35.5. The van der Waals surface area contributed by atoms with E-state index in [0.29, 0.717) is 17.4 Å². The Bertz CT molecular complexity index is 988. The third kappa shape index (κ3) is 6.24. The standard InChI is InChI=1S/C24H31ClN2O4S/c1-3-31-22-13-15-23(16-14-22)32(29,30)27(21-7-5-4-6-8-21)17-24(28)26-18(2)19-9-11-20(25)12-10-19/h9-16,18,21H,3-8,17H2,1-2H3,(H,26,28). The lowest BCUT2D eigenvalue weighted by molar-refractivity contribution is -0.122. The molecular weight excluding hydrogens is 448 g/mol. The van der Waals surface area contributed by atoms with Crippen LogP contribution in [0.1, 0.15) is 57.6 Å². The molecule has 1 amide bonds. The van der Waals surface area contributed by atoms with E-state index in [0.717, 1.165) is 37.7 Å². The summed E-state index contributed by atoms with van der Waals surface area (Å²) in [5.74, 6) is 0.290. The summed E-state index contributed by atoms with van der Waals surface area (Å²) in [6.45, 7) is 4.04. The molecule has 8 heteroatoms. The third-order valence-corrected chi connectivity index (χ3v) is 7.93. The van der Waals surface area contributed by atoms with E-state index in [9.17, 15) is 13.2 Å². The second-order valence-electron chi connectivity index (χ2n) is 8.09. The number of carbonyl (C=O) groups excluding carboxylic acids is 1. The van der Waals surface area contributed by atoms with Crippen LogP contribution in [0.5, 0.6) is 5.75 Å². The summed E-state index contributed by atoms with van der Waals surface area (Å²) in [5.41, 5.74) is 0.904. The van der Waals surface area contributed by atoms with Gasteiger partial charge in [-0.3, -0.25) is 4.79 Å². The highest BCUT2D eigenvalue weighted by Crippen LogP contribution is 2.28. The number of rotatable bonds is 9. The fraction of sp³-hybridized carbons (Fsp3) is 0.458. The Kier molecular flexibility index (Phi) is 8.57. The van der Waals surface area contributed by atoms with Crippen LogP contribution in [-0.4, -0.2) is 37.8 Å². The van der Waals surface area contributed by atoms with Gasteiger partial charge in [-0.1, -0.05) is 43.0 Å². The van der Waals surface area contributed by atoms with Gasteiger partial charge in [-0.2, -0.15) is 4.31 Å². The van der Waals surface area contributed by atoms with E-state index in [1.807, 2.05) is 26.0 Å². The average Bonchev–Trinajstić information content (AvgIpc) is 2.79. The van der Waals surface area contributed by atoms with Crippen molar-refractivity contribution in [2.75, 3.05) is 13.2 Å². The van der Waals surface area contributed by atoms with Gasteiger partial charge in [-0.15, -0.1) is 0 Å². The third-order valence-electron chi connectivity index (χ3n) is 5.77. The number of sulfonamides is 1. The number of hydrogen-bond acceptors (Lipinski definition) is 4. The second-order valence-corrected chi connectivity index (χ2v) is 10.4. The van der Waals surface area contributed by atoms with Crippen LogP contribution in [0.3, 0.4) is 0 Å². The van der Waals surface area contributed by atoms with E-state index >= 15 is 0 Å². The monoisotopic (exact) mass is 478 g/mol. The van der Waals surface area contributed by atoms with Crippen molar-refractivity contribution in [3.05, 3.63) is 59.1 Å². The molecule has 32 heavy (non-hydrogen) atoms. The van der Waals surface area contributed by atoms with Crippen LogP contribution in [-0.2, 0) is 14.8 Å². The molecule has 174 valence electrons. The van der Waals surface area contributed by atoms with Crippen LogP contribution in [0, 0.1) is 0 Å². The van der Waals surface area contributed by atoms with Crippen LogP contribution in [0.4, 0.5) is 0 Å². The van der Waals surface area contributed by atoms with Crippen molar-refractivity contribution in [1.29, 1.82) is 0 Å². The SMILES string of the molecule is CCOc1ccc(S(=O)(=O)N(CC(=O)NC(C)c2ccc(Cl)cc2)C2CCCCC2)cc1. The van der Waals surface area contributed by atoms with E-state index in [1.165, 1.54) is 4.31 Å². The van der Waals surface area contributed by atoms with Gasteiger partial charge in [0, 0.05) is 11.1 Å². The maximum atomic E-state index is 13.5. The van der Waals surface area contributed by atoms with E-state index in [2.05, 4.69) is 5.32 Å². The molecule has 0 heterocycles. The number of halogens is 1. The van der Waals surface area contributed by atoms with Gasteiger partial charge in [-0.25, -0.2) is 8.42 Å². The molecule has 0 radical (unpaired) electrons. The van der Waals surface area contributed by atoms with Crippen LogP contribution in [0.2, 0.25) is 5.02 Å². The summed E-state index contributed by atoms with van der Waals surface area (Å²) in [5, 5.41) is 3.55. The highest BCUT2D eigenvalue weighted by molar-refractivity contribution is 7.89. The van der Waals surface area contributed by atoms with Crippen molar-refractivity contribution in [2.24, 2.45) is 0 Å². The van der Waals surface area contributed by atoms with Crippen LogP contribution in [0.25, 0.3) is 0 Å². The fourth-order valence-electron chi connectivity index (χ4n) is 4.05. The van der Waals surface area contributed by atoms with E-state index in [4.69, 9.17) is 16.3 Å². The zero-order chi connectivity index (χ0) is 23.1. The van der Waals surface area contributed by atoms with Gasteiger partial charge in [0.2, 0.25) is 15.9 Å². The number of amides is 1. The minimum absolute atomic E-state index is 0.171. The van der Waals surface area contributed by atoms with Gasteiger partial charge in [0.1, 0.15) is 5.75 Å². The van der Waals surface area contributed by atoms with E-state index < -0.39 is 10.0 Å². The number of nitrogens with zero attached hydrogens (tertiary/aromatic N) is 1. The Labute approximate surface area is 196 Å². The summed E-state index contributed by atoms with van der Waals surface area (Å²) in [4.78, 5) is 13.1. The van der Waals surface area contributed by atoms with Crippen molar-refractivity contribution in [1.82, 2.24) is 9.62 Å². The maximum Gasteiger partial charge on any atom is 0.243 e. The summed E-state index contributed by atoms with van der Waals surface area (Å²) in [7, 11) is -3.83.